The van der Waals surface area contributed by atoms with Crippen molar-refractivity contribution in [2.75, 3.05) is 29.9 Å². The molecule has 112 valence electrons. The number of urea groups is 1. The summed E-state index contributed by atoms with van der Waals surface area (Å²) < 4.78 is 0. The average molecular weight is 306 g/mol. The van der Waals surface area contributed by atoms with Gasteiger partial charge in [0.2, 0.25) is 0 Å². The predicted molar refractivity (Wildman–Crippen MR) is 85.6 cm³/mol. The van der Waals surface area contributed by atoms with Gasteiger partial charge in [0.05, 0.1) is 0 Å². The molecule has 2 N–H and O–H groups in total. The molecule has 5 nitrogen and oxygen atoms in total. The quantitative estimate of drug-likeness (QED) is 0.843. The van der Waals surface area contributed by atoms with Crippen LogP contribution >= 0.6 is 11.8 Å². The number of anilines is 1. The maximum Gasteiger partial charge on any atom is 0.328 e. The van der Waals surface area contributed by atoms with E-state index in [1.807, 2.05) is 16.7 Å². The Morgan fingerprint density at radius 3 is 2.67 bits per heavy atom. The summed E-state index contributed by atoms with van der Waals surface area (Å²) in [5.74, 6) is 1.10. The van der Waals surface area contributed by atoms with Crippen LogP contribution in [0, 0.1) is 0 Å². The largest absolute Gasteiger partial charge is 0.478 e. The van der Waals surface area contributed by atoms with Crippen LogP contribution in [0.15, 0.2) is 30.3 Å². The number of carbonyl (C=O) groups is 2. The van der Waals surface area contributed by atoms with Gasteiger partial charge in [-0.1, -0.05) is 12.1 Å². The maximum absolute atomic E-state index is 12.1. The zero-order valence-electron chi connectivity index (χ0n) is 11.6. The van der Waals surface area contributed by atoms with Crippen molar-refractivity contribution in [2.24, 2.45) is 0 Å². The summed E-state index contributed by atoms with van der Waals surface area (Å²) in [7, 11) is 0. The van der Waals surface area contributed by atoms with Crippen LogP contribution in [-0.4, -0.2) is 46.6 Å². The highest BCUT2D eigenvalue weighted by atomic mass is 32.2. The van der Waals surface area contributed by atoms with Crippen LogP contribution in [0.2, 0.25) is 0 Å². The third-order valence-electron chi connectivity index (χ3n) is 3.09. The molecule has 1 heterocycles. The number of thioether (sulfide) groups is 1. The van der Waals surface area contributed by atoms with Gasteiger partial charge in [0.1, 0.15) is 0 Å². The number of carboxylic acid groups (broad SMARTS) is 1. The van der Waals surface area contributed by atoms with Crippen LogP contribution in [0.4, 0.5) is 10.5 Å². The second kappa shape index (κ2) is 7.73. The van der Waals surface area contributed by atoms with Gasteiger partial charge in [0, 0.05) is 30.6 Å². The molecule has 1 aromatic carbocycles. The molecular weight excluding hydrogens is 288 g/mol. The van der Waals surface area contributed by atoms with Gasteiger partial charge in [-0.05, 0) is 35.9 Å². The van der Waals surface area contributed by atoms with Crippen LogP contribution in [-0.2, 0) is 4.79 Å². The number of amides is 2. The molecule has 0 spiro atoms. The Bertz CT molecular complexity index is 520. The van der Waals surface area contributed by atoms with Gasteiger partial charge in [-0.3, -0.25) is 0 Å². The topological polar surface area (TPSA) is 69.6 Å². The molecular formula is C15H18N2O3S. The molecule has 1 saturated heterocycles. The van der Waals surface area contributed by atoms with Crippen molar-refractivity contribution in [3.8, 4) is 0 Å². The lowest BCUT2D eigenvalue weighted by molar-refractivity contribution is -0.131. The number of aliphatic carboxylic acids is 1. The van der Waals surface area contributed by atoms with Crippen molar-refractivity contribution in [1.82, 2.24) is 4.90 Å². The number of benzene rings is 1. The highest BCUT2D eigenvalue weighted by Gasteiger charge is 2.15. The molecule has 0 radical (unpaired) electrons. The minimum atomic E-state index is -0.980. The van der Waals surface area contributed by atoms with Gasteiger partial charge in [0.15, 0.2) is 0 Å². The molecule has 1 aromatic rings. The SMILES string of the molecule is O=C(O)C=Cc1ccc(NC(=O)N2CCCSCC2)cc1. The number of nitrogens with zero attached hydrogens (tertiary/aromatic N) is 1. The standard InChI is InChI=1S/C15H18N2O3S/c18-14(19)7-4-12-2-5-13(6-3-12)16-15(20)17-8-1-10-21-11-9-17/h2-7H,1,8-11H2,(H,16,20)(H,18,19). The summed E-state index contributed by atoms with van der Waals surface area (Å²) in [6.07, 6.45) is 3.62. The summed E-state index contributed by atoms with van der Waals surface area (Å²) in [5, 5.41) is 11.4. The van der Waals surface area contributed by atoms with Crippen LogP contribution < -0.4 is 5.32 Å². The molecule has 0 bridgehead atoms. The number of hydrogen-bond acceptors (Lipinski definition) is 3. The Labute approximate surface area is 128 Å². The summed E-state index contributed by atoms with van der Waals surface area (Å²) in [5.41, 5.74) is 1.49. The van der Waals surface area contributed by atoms with E-state index < -0.39 is 5.97 Å². The lowest BCUT2D eigenvalue weighted by Crippen LogP contribution is -2.36. The second-order valence-corrected chi connectivity index (χ2v) is 5.90. The van der Waals surface area contributed by atoms with Gasteiger partial charge in [-0.15, -0.1) is 0 Å². The van der Waals surface area contributed by atoms with E-state index in [9.17, 15) is 9.59 Å². The van der Waals surface area contributed by atoms with Gasteiger partial charge in [-0.25, -0.2) is 9.59 Å². The summed E-state index contributed by atoms with van der Waals surface area (Å²) in [4.78, 5) is 24.4. The fraction of sp³-hybridized carbons (Fsp3) is 0.333. The summed E-state index contributed by atoms with van der Waals surface area (Å²) in [6.45, 7) is 1.56. The average Bonchev–Trinajstić information content (AvgIpc) is 2.75. The highest BCUT2D eigenvalue weighted by molar-refractivity contribution is 7.99. The minimum Gasteiger partial charge on any atom is -0.478 e. The van der Waals surface area contributed by atoms with E-state index in [0.717, 1.165) is 42.7 Å². The number of hydrogen-bond donors (Lipinski definition) is 2. The number of carbonyl (C=O) groups excluding carboxylic acids is 1. The monoisotopic (exact) mass is 306 g/mol. The first-order valence-electron chi connectivity index (χ1n) is 6.80. The maximum atomic E-state index is 12.1. The third-order valence-corrected chi connectivity index (χ3v) is 4.14. The molecule has 0 atom stereocenters. The molecule has 6 heteroatoms. The molecule has 0 saturated carbocycles. The molecule has 0 unspecified atom stereocenters. The first-order chi connectivity index (χ1) is 10.1. The van der Waals surface area contributed by atoms with E-state index in [1.165, 1.54) is 6.08 Å². The molecule has 2 rings (SSSR count). The smallest absolute Gasteiger partial charge is 0.328 e. The van der Waals surface area contributed by atoms with E-state index in [-0.39, 0.29) is 6.03 Å². The van der Waals surface area contributed by atoms with Crippen LogP contribution in [0.1, 0.15) is 12.0 Å². The van der Waals surface area contributed by atoms with E-state index >= 15 is 0 Å². The van der Waals surface area contributed by atoms with Crippen molar-refractivity contribution in [3.05, 3.63) is 35.9 Å². The Morgan fingerprint density at radius 1 is 1.19 bits per heavy atom. The predicted octanol–water partition coefficient (Wildman–Crippen LogP) is 2.76. The summed E-state index contributed by atoms with van der Waals surface area (Å²) >= 11 is 1.88. The first-order valence-corrected chi connectivity index (χ1v) is 7.95. The first kappa shape index (κ1) is 15.4. The summed E-state index contributed by atoms with van der Waals surface area (Å²) in [6, 6.07) is 7.00. The van der Waals surface area contributed by atoms with Crippen LogP contribution in [0.3, 0.4) is 0 Å². The Balaban J connectivity index is 1.93. The number of carboxylic acids is 1. The van der Waals surface area contributed by atoms with Crippen molar-refractivity contribution < 1.29 is 14.7 Å². The van der Waals surface area contributed by atoms with Gasteiger partial charge >= 0.3 is 12.0 Å². The molecule has 2 amide bonds. The fourth-order valence-corrected chi connectivity index (χ4v) is 2.88. The molecule has 1 aliphatic rings. The lowest BCUT2D eigenvalue weighted by Gasteiger charge is -2.20. The van der Waals surface area contributed by atoms with E-state index in [4.69, 9.17) is 5.11 Å². The third kappa shape index (κ3) is 5.15. The lowest BCUT2D eigenvalue weighted by atomic mass is 10.2. The molecule has 21 heavy (non-hydrogen) atoms. The molecule has 0 aromatic heterocycles. The van der Waals surface area contributed by atoms with Crippen molar-refractivity contribution in [3.63, 3.8) is 0 Å². The zero-order valence-corrected chi connectivity index (χ0v) is 12.4. The highest BCUT2D eigenvalue weighted by Crippen LogP contribution is 2.14. The van der Waals surface area contributed by atoms with Crippen molar-refractivity contribution >= 4 is 35.5 Å². The second-order valence-electron chi connectivity index (χ2n) is 4.68. The van der Waals surface area contributed by atoms with Gasteiger partial charge < -0.3 is 15.3 Å². The van der Waals surface area contributed by atoms with Crippen molar-refractivity contribution in [1.29, 1.82) is 0 Å². The number of rotatable bonds is 3. The van der Waals surface area contributed by atoms with E-state index in [0.29, 0.717) is 5.69 Å². The Kier molecular flexibility index (Phi) is 5.68. The minimum absolute atomic E-state index is 0.0775. The van der Waals surface area contributed by atoms with Gasteiger partial charge in [0.25, 0.3) is 0 Å². The number of nitrogens with one attached hydrogen (secondary N) is 1. The fourth-order valence-electron chi connectivity index (χ4n) is 2.00. The molecule has 1 aliphatic heterocycles. The van der Waals surface area contributed by atoms with E-state index in [2.05, 4.69) is 5.32 Å². The van der Waals surface area contributed by atoms with E-state index in [1.54, 1.807) is 24.3 Å². The Morgan fingerprint density at radius 2 is 1.95 bits per heavy atom. The molecule has 0 aliphatic carbocycles. The zero-order chi connectivity index (χ0) is 15.1. The van der Waals surface area contributed by atoms with Crippen LogP contribution in [0.5, 0.6) is 0 Å². The van der Waals surface area contributed by atoms with Crippen LogP contribution in [0.25, 0.3) is 6.08 Å². The normalized spacial score (nSPS) is 15.7. The Hall–Kier alpha value is -1.95. The van der Waals surface area contributed by atoms with Gasteiger partial charge in [-0.2, -0.15) is 11.8 Å². The molecule has 1 fully saturated rings. The van der Waals surface area contributed by atoms with Crippen molar-refractivity contribution in [2.45, 2.75) is 6.42 Å².